The van der Waals surface area contributed by atoms with Gasteiger partial charge in [-0.25, -0.2) is 4.39 Å². The van der Waals surface area contributed by atoms with Gasteiger partial charge in [0.15, 0.2) is 0 Å². The molecule has 0 radical (unpaired) electrons. The van der Waals surface area contributed by atoms with Gasteiger partial charge in [-0.1, -0.05) is 24.6 Å². The van der Waals surface area contributed by atoms with Crippen molar-refractivity contribution in [3.05, 3.63) is 36.1 Å². The smallest absolute Gasteiger partial charge is 0.302 e. The lowest BCUT2D eigenvalue weighted by Crippen LogP contribution is -2.21. The van der Waals surface area contributed by atoms with Gasteiger partial charge in [0.2, 0.25) is 0 Å². The molecule has 4 heteroatoms. The first-order chi connectivity index (χ1) is 8.66. The van der Waals surface area contributed by atoms with Crippen LogP contribution in [-0.4, -0.2) is 26.2 Å². The average molecular weight is 255 g/mol. The highest BCUT2D eigenvalue weighted by Gasteiger charge is 1.93. The Hall–Kier alpha value is -1.42. The number of esters is 1. The van der Waals surface area contributed by atoms with Crippen molar-refractivity contribution in [2.75, 3.05) is 20.2 Å². The number of halogens is 1. The third-order valence-electron chi connectivity index (χ3n) is 2.23. The van der Waals surface area contributed by atoms with Crippen molar-refractivity contribution >= 4 is 5.97 Å². The van der Waals surface area contributed by atoms with Crippen molar-refractivity contribution in [2.45, 2.75) is 26.2 Å². The van der Waals surface area contributed by atoms with Crippen LogP contribution in [0.1, 0.15) is 26.2 Å². The highest BCUT2D eigenvalue weighted by molar-refractivity contribution is 5.65. The quantitative estimate of drug-likeness (QED) is 0.724. The summed E-state index contributed by atoms with van der Waals surface area (Å²) in [5, 5.41) is 3.28. The van der Waals surface area contributed by atoms with Crippen LogP contribution in [0.3, 0.4) is 0 Å². The second-order valence-electron chi connectivity index (χ2n) is 3.80. The van der Waals surface area contributed by atoms with Crippen molar-refractivity contribution in [3.8, 4) is 0 Å². The van der Waals surface area contributed by atoms with Gasteiger partial charge < -0.3 is 10.1 Å². The molecule has 0 aliphatic carbocycles. The van der Waals surface area contributed by atoms with Crippen LogP contribution in [0.5, 0.6) is 0 Å². The summed E-state index contributed by atoms with van der Waals surface area (Å²) in [4.78, 5) is 9.59. The molecule has 1 fully saturated rings. The van der Waals surface area contributed by atoms with Gasteiger partial charge in [-0.15, -0.1) is 0 Å². The highest BCUT2D eigenvalue weighted by atomic mass is 19.1. The molecule has 18 heavy (non-hydrogen) atoms. The maximum Gasteiger partial charge on any atom is 0.302 e. The molecule has 0 unspecified atom stereocenters. The van der Waals surface area contributed by atoms with Gasteiger partial charge in [0.05, 0.1) is 7.11 Å². The van der Waals surface area contributed by atoms with Crippen molar-refractivity contribution in [3.63, 3.8) is 0 Å². The van der Waals surface area contributed by atoms with Gasteiger partial charge in [-0.3, -0.25) is 4.79 Å². The minimum absolute atomic E-state index is 0.178. The Bertz CT molecular complexity index is 288. The van der Waals surface area contributed by atoms with E-state index >= 15 is 0 Å². The molecular weight excluding hydrogens is 233 g/mol. The number of piperidine rings is 1. The second-order valence-corrected chi connectivity index (χ2v) is 3.80. The van der Waals surface area contributed by atoms with Gasteiger partial charge in [0.1, 0.15) is 5.82 Å². The average Bonchev–Trinajstić information content (AvgIpc) is 2.43. The number of ether oxygens (including phenoxy) is 1. The van der Waals surface area contributed by atoms with Crippen LogP contribution in [0.4, 0.5) is 4.39 Å². The summed E-state index contributed by atoms with van der Waals surface area (Å²) in [6.45, 7) is 3.86. The van der Waals surface area contributed by atoms with E-state index in [1.54, 1.807) is 18.2 Å². The van der Waals surface area contributed by atoms with E-state index in [1.165, 1.54) is 58.5 Å². The largest absolute Gasteiger partial charge is 0.469 e. The molecular formula is C14H22FNO2. The topological polar surface area (TPSA) is 38.3 Å². The minimum atomic E-state index is -0.245. The van der Waals surface area contributed by atoms with Crippen molar-refractivity contribution in [1.29, 1.82) is 0 Å². The van der Waals surface area contributed by atoms with Crippen LogP contribution in [0.2, 0.25) is 0 Å². The predicted octanol–water partition coefficient (Wildman–Crippen LogP) is 2.76. The molecule has 102 valence electrons. The first kappa shape index (κ1) is 16.6. The van der Waals surface area contributed by atoms with Crippen LogP contribution in [-0.2, 0) is 9.53 Å². The Morgan fingerprint density at radius 3 is 1.83 bits per heavy atom. The molecule has 0 amide bonds. The summed E-state index contributed by atoms with van der Waals surface area (Å²) < 4.78 is 16.0. The Kier molecular flexibility index (Phi) is 11.1. The minimum Gasteiger partial charge on any atom is -0.469 e. The van der Waals surface area contributed by atoms with Gasteiger partial charge in [-0.2, -0.15) is 0 Å². The number of nitrogens with one attached hydrogen (secondary N) is 1. The first-order valence-corrected chi connectivity index (χ1v) is 6.12. The maximum atomic E-state index is 11.9. The summed E-state index contributed by atoms with van der Waals surface area (Å²) in [6.07, 6.45) is 4.22. The molecule has 2 rings (SSSR count). The fourth-order valence-corrected chi connectivity index (χ4v) is 1.22. The molecule has 0 bridgehead atoms. The third-order valence-corrected chi connectivity index (χ3v) is 2.23. The van der Waals surface area contributed by atoms with Gasteiger partial charge in [-0.05, 0) is 38.1 Å². The number of methoxy groups -OCH3 is 1. The molecule has 1 aliphatic rings. The molecule has 1 aromatic rings. The van der Waals surface area contributed by atoms with E-state index < -0.39 is 0 Å². The zero-order valence-electron chi connectivity index (χ0n) is 11.1. The number of rotatable bonds is 0. The normalized spacial score (nSPS) is 13.3. The molecule has 1 N–H and O–H groups in total. The lowest BCUT2D eigenvalue weighted by atomic mass is 10.2. The van der Waals surface area contributed by atoms with Crippen LogP contribution in [0, 0.1) is 5.82 Å². The van der Waals surface area contributed by atoms with Crippen LogP contribution in [0.25, 0.3) is 0 Å². The molecule has 1 aliphatic heterocycles. The third kappa shape index (κ3) is 12.6. The maximum absolute atomic E-state index is 11.9. The lowest BCUT2D eigenvalue weighted by molar-refractivity contribution is -0.137. The molecule has 0 aromatic heterocycles. The Morgan fingerprint density at radius 1 is 1.17 bits per heavy atom. The summed E-state index contributed by atoms with van der Waals surface area (Å²) in [7, 11) is 1.35. The van der Waals surface area contributed by atoms with E-state index in [9.17, 15) is 9.18 Å². The number of benzene rings is 1. The fraction of sp³-hybridized carbons (Fsp3) is 0.500. The van der Waals surface area contributed by atoms with Crippen LogP contribution >= 0.6 is 0 Å². The van der Waals surface area contributed by atoms with E-state index in [0.29, 0.717) is 0 Å². The van der Waals surface area contributed by atoms with E-state index in [0.717, 1.165) is 0 Å². The monoisotopic (exact) mass is 255 g/mol. The molecule has 1 aromatic carbocycles. The zero-order valence-corrected chi connectivity index (χ0v) is 11.1. The SMILES string of the molecule is C1CCNCC1.COC(C)=O.Fc1ccccc1. The van der Waals surface area contributed by atoms with E-state index in [1.807, 2.05) is 0 Å². The van der Waals surface area contributed by atoms with Crippen LogP contribution < -0.4 is 5.32 Å². The molecule has 1 saturated heterocycles. The molecule has 0 spiro atoms. The van der Waals surface area contributed by atoms with E-state index in [-0.39, 0.29) is 11.8 Å². The molecule has 0 saturated carbocycles. The summed E-state index contributed by atoms with van der Waals surface area (Å²) in [5.74, 6) is -0.424. The first-order valence-electron chi connectivity index (χ1n) is 6.12. The zero-order chi connectivity index (χ0) is 13.6. The predicted molar refractivity (Wildman–Crippen MR) is 70.8 cm³/mol. The number of carbonyl (C=O) groups is 1. The Labute approximate surface area is 108 Å². The summed E-state index contributed by atoms with van der Waals surface area (Å²) in [5.41, 5.74) is 0. The lowest BCUT2D eigenvalue weighted by Gasteiger charge is -2.08. The number of hydrogen-bond acceptors (Lipinski definition) is 3. The summed E-state index contributed by atoms with van der Waals surface area (Å²) in [6, 6.07) is 7.94. The number of carbonyl (C=O) groups excluding carboxylic acids is 1. The summed E-state index contributed by atoms with van der Waals surface area (Å²) >= 11 is 0. The van der Waals surface area contributed by atoms with E-state index in [4.69, 9.17) is 0 Å². The van der Waals surface area contributed by atoms with E-state index in [2.05, 4.69) is 10.1 Å². The molecule has 1 heterocycles. The number of hydrogen-bond donors (Lipinski definition) is 1. The molecule has 0 atom stereocenters. The van der Waals surface area contributed by atoms with Crippen LogP contribution in [0.15, 0.2) is 30.3 Å². The highest BCUT2D eigenvalue weighted by Crippen LogP contribution is 1.96. The Balaban J connectivity index is 0.000000245. The van der Waals surface area contributed by atoms with Gasteiger partial charge in [0, 0.05) is 6.92 Å². The van der Waals surface area contributed by atoms with Crippen molar-refractivity contribution in [2.24, 2.45) is 0 Å². The van der Waals surface area contributed by atoms with Crippen molar-refractivity contribution in [1.82, 2.24) is 5.32 Å². The Morgan fingerprint density at radius 2 is 1.67 bits per heavy atom. The van der Waals surface area contributed by atoms with Crippen molar-refractivity contribution < 1.29 is 13.9 Å². The molecule has 3 nitrogen and oxygen atoms in total. The van der Waals surface area contributed by atoms with Gasteiger partial charge >= 0.3 is 5.97 Å². The van der Waals surface area contributed by atoms with Gasteiger partial charge in [0.25, 0.3) is 0 Å². The standard InChI is InChI=1S/C6H5F.C5H11N.C3H6O2/c7-6-4-2-1-3-5-6;1-2-4-6-5-3-1;1-3(4)5-2/h1-5H;6H,1-5H2;1-2H3. The fourth-order valence-electron chi connectivity index (χ4n) is 1.22. The second kappa shape index (κ2) is 12.0.